The average Bonchev–Trinajstić information content (AvgIpc) is 2.66. The average molecular weight is 190 g/mol. The summed E-state index contributed by atoms with van der Waals surface area (Å²) in [4.78, 5) is 0. The van der Waals surface area contributed by atoms with Gasteiger partial charge in [-0.1, -0.05) is 24.6 Å². The molecule has 14 heavy (non-hydrogen) atoms. The van der Waals surface area contributed by atoms with Crippen LogP contribution >= 0.6 is 0 Å². The normalized spacial score (nSPS) is 11.0. The Balaban J connectivity index is 2.60. The third-order valence-electron chi connectivity index (χ3n) is 2.42. The highest BCUT2D eigenvalue weighted by molar-refractivity contribution is 5.78. The Morgan fingerprint density at radius 2 is 2.29 bits per heavy atom. The van der Waals surface area contributed by atoms with Crippen LogP contribution in [-0.2, 0) is 13.0 Å². The van der Waals surface area contributed by atoms with E-state index in [1.54, 1.807) is 0 Å². The molecule has 0 radical (unpaired) electrons. The van der Waals surface area contributed by atoms with Crippen LogP contribution in [0.2, 0.25) is 0 Å². The molecule has 0 aliphatic heterocycles. The Bertz CT molecular complexity index is 433. The summed E-state index contributed by atoms with van der Waals surface area (Å²) >= 11 is 0. The van der Waals surface area contributed by atoms with Crippen molar-refractivity contribution < 1.29 is 0 Å². The predicted molar refractivity (Wildman–Crippen MR) is 55.8 cm³/mol. The first-order valence-electron chi connectivity index (χ1n) is 4.88. The SMILES string of the molecule is CCCc1ccc2[nH]nnc2c1CN. The summed E-state index contributed by atoms with van der Waals surface area (Å²) in [6.07, 6.45) is 2.17. The van der Waals surface area contributed by atoms with Gasteiger partial charge in [0.15, 0.2) is 0 Å². The van der Waals surface area contributed by atoms with Gasteiger partial charge in [-0.15, -0.1) is 5.10 Å². The van der Waals surface area contributed by atoms with Crippen LogP contribution in [0.1, 0.15) is 24.5 Å². The van der Waals surface area contributed by atoms with E-state index >= 15 is 0 Å². The molecule has 2 aromatic rings. The second kappa shape index (κ2) is 3.75. The Kier molecular flexibility index (Phi) is 2.45. The molecular formula is C10H14N4. The molecule has 0 aliphatic carbocycles. The largest absolute Gasteiger partial charge is 0.326 e. The zero-order chi connectivity index (χ0) is 9.97. The van der Waals surface area contributed by atoms with Gasteiger partial charge in [-0.2, -0.15) is 0 Å². The van der Waals surface area contributed by atoms with E-state index in [1.165, 1.54) is 5.56 Å². The molecule has 2 rings (SSSR count). The molecule has 0 bridgehead atoms. The fourth-order valence-corrected chi connectivity index (χ4v) is 1.74. The number of aromatic amines is 1. The smallest absolute Gasteiger partial charge is 0.117 e. The number of fused-ring (bicyclic) bond motifs is 1. The van der Waals surface area contributed by atoms with Gasteiger partial charge in [0, 0.05) is 6.54 Å². The van der Waals surface area contributed by atoms with Crippen molar-refractivity contribution >= 4 is 11.0 Å². The van der Waals surface area contributed by atoms with Crippen LogP contribution in [0, 0.1) is 0 Å². The Labute approximate surface area is 82.5 Å². The standard InChI is InChI=1S/C10H14N4/c1-2-3-7-4-5-9-10(8(7)6-11)13-14-12-9/h4-5H,2-3,6,11H2,1H3,(H,12,13,14). The van der Waals surface area contributed by atoms with E-state index in [-0.39, 0.29) is 0 Å². The minimum absolute atomic E-state index is 0.527. The quantitative estimate of drug-likeness (QED) is 0.768. The fraction of sp³-hybridized carbons (Fsp3) is 0.400. The van der Waals surface area contributed by atoms with Crippen LogP contribution < -0.4 is 5.73 Å². The van der Waals surface area contributed by atoms with Crippen molar-refractivity contribution in [2.24, 2.45) is 5.73 Å². The molecule has 0 saturated heterocycles. The summed E-state index contributed by atoms with van der Waals surface area (Å²) in [5.74, 6) is 0. The first-order valence-corrected chi connectivity index (χ1v) is 4.88. The summed E-state index contributed by atoms with van der Waals surface area (Å²) in [6.45, 7) is 2.69. The van der Waals surface area contributed by atoms with Crippen LogP contribution in [-0.4, -0.2) is 15.4 Å². The van der Waals surface area contributed by atoms with Crippen LogP contribution in [0.25, 0.3) is 11.0 Å². The number of H-pyrrole nitrogens is 1. The third kappa shape index (κ3) is 1.37. The molecule has 4 heteroatoms. The number of aryl methyl sites for hydroxylation is 1. The molecule has 1 aromatic carbocycles. The van der Waals surface area contributed by atoms with E-state index < -0.39 is 0 Å². The minimum atomic E-state index is 0.527. The van der Waals surface area contributed by atoms with Gasteiger partial charge in [0.1, 0.15) is 5.52 Å². The summed E-state index contributed by atoms with van der Waals surface area (Å²) in [6, 6.07) is 4.12. The molecular weight excluding hydrogens is 176 g/mol. The molecule has 0 unspecified atom stereocenters. The molecule has 0 fully saturated rings. The highest BCUT2D eigenvalue weighted by Crippen LogP contribution is 2.19. The Morgan fingerprint density at radius 3 is 3.00 bits per heavy atom. The summed E-state index contributed by atoms with van der Waals surface area (Å²) in [5.41, 5.74) is 10.0. The zero-order valence-electron chi connectivity index (χ0n) is 8.25. The maximum Gasteiger partial charge on any atom is 0.117 e. The Hall–Kier alpha value is -1.42. The molecule has 74 valence electrons. The van der Waals surface area contributed by atoms with Crippen LogP contribution in [0.15, 0.2) is 12.1 Å². The molecule has 0 spiro atoms. The Morgan fingerprint density at radius 1 is 1.43 bits per heavy atom. The van der Waals surface area contributed by atoms with Crippen molar-refractivity contribution in [2.75, 3.05) is 0 Å². The second-order valence-electron chi connectivity index (χ2n) is 3.37. The molecule has 0 aliphatic rings. The van der Waals surface area contributed by atoms with Crippen LogP contribution in [0.4, 0.5) is 0 Å². The van der Waals surface area contributed by atoms with Crippen molar-refractivity contribution in [3.05, 3.63) is 23.3 Å². The number of nitrogens with one attached hydrogen (secondary N) is 1. The van der Waals surface area contributed by atoms with Gasteiger partial charge in [-0.25, -0.2) is 0 Å². The van der Waals surface area contributed by atoms with Gasteiger partial charge in [0.25, 0.3) is 0 Å². The predicted octanol–water partition coefficient (Wildman–Crippen LogP) is 1.37. The highest BCUT2D eigenvalue weighted by Gasteiger charge is 2.07. The topological polar surface area (TPSA) is 67.6 Å². The van der Waals surface area contributed by atoms with E-state index in [9.17, 15) is 0 Å². The molecule has 0 atom stereocenters. The van der Waals surface area contributed by atoms with Gasteiger partial charge in [-0.05, 0) is 23.6 Å². The van der Waals surface area contributed by atoms with Crippen molar-refractivity contribution in [2.45, 2.75) is 26.3 Å². The van der Waals surface area contributed by atoms with Gasteiger partial charge < -0.3 is 5.73 Å². The highest BCUT2D eigenvalue weighted by atomic mass is 15.3. The maximum absolute atomic E-state index is 5.72. The van der Waals surface area contributed by atoms with Crippen molar-refractivity contribution in [3.63, 3.8) is 0 Å². The molecule has 0 amide bonds. The van der Waals surface area contributed by atoms with E-state index in [4.69, 9.17) is 5.73 Å². The van der Waals surface area contributed by atoms with Crippen LogP contribution in [0.3, 0.4) is 0 Å². The number of rotatable bonds is 3. The van der Waals surface area contributed by atoms with Crippen LogP contribution in [0.5, 0.6) is 0 Å². The number of hydrogen-bond donors (Lipinski definition) is 2. The third-order valence-corrected chi connectivity index (χ3v) is 2.42. The zero-order valence-corrected chi connectivity index (χ0v) is 8.25. The lowest BCUT2D eigenvalue weighted by Gasteiger charge is -2.06. The van der Waals surface area contributed by atoms with Gasteiger partial charge >= 0.3 is 0 Å². The first kappa shape index (κ1) is 9.15. The molecule has 1 heterocycles. The van der Waals surface area contributed by atoms with Crippen molar-refractivity contribution in [3.8, 4) is 0 Å². The van der Waals surface area contributed by atoms with Gasteiger partial charge in [0.2, 0.25) is 0 Å². The molecule has 1 aromatic heterocycles. The number of nitrogens with zero attached hydrogens (tertiary/aromatic N) is 2. The summed E-state index contributed by atoms with van der Waals surface area (Å²) in [7, 11) is 0. The number of benzene rings is 1. The monoisotopic (exact) mass is 190 g/mol. The van der Waals surface area contributed by atoms with Gasteiger partial charge in [-0.3, -0.25) is 5.10 Å². The summed E-state index contributed by atoms with van der Waals surface area (Å²) < 4.78 is 0. The van der Waals surface area contributed by atoms with Crippen molar-refractivity contribution in [1.29, 1.82) is 0 Å². The number of nitrogens with two attached hydrogens (primary N) is 1. The fourth-order valence-electron chi connectivity index (χ4n) is 1.74. The lowest BCUT2D eigenvalue weighted by Crippen LogP contribution is -2.02. The minimum Gasteiger partial charge on any atom is -0.326 e. The maximum atomic E-state index is 5.72. The summed E-state index contributed by atoms with van der Waals surface area (Å²) in [5, 5.41) is 10.7. The first-order chi connectivity index (χ1) is 6.86. The van der Waals surface area contributed by atoms with Crippen molar-refractivity contribution in [1.82, 2.24) is 15.4 Å². The van der Waals surface area contributed by atoms with E-state index in [1.807, 2.05) is 6.07 Å². The van der Waals surface area contributed by atoms with E-state index in [0.29, 0.717) is 6.54 Å². The van der Waals surface area contributed by atoms with E-state index in [2.05, 4.69) is 28.4 Å². The molecule has 4 nitrogen and oxygen atoms in total. The second-order valence-corrected chi connectivity index (χ2v) is 3.37. The van der Waals surface area contributed by atoms with Gasteiger partial charge in [0.05, 0.1) is 5.52 Å². The van der Waals surface area contributed by atoms with E-state index in [0.717, 1.165) is 29.4 Å². The molecule has 0 saturated carbocycles. The number of aromatic nitrogens is 3. The lowest BCUT2D eigenvalue weighted by atomic mass is 10.0. The number of hydrogen-bond acceptors (Lipinski definition) is 3. The molecule has 3 N–H and O–H groups in total. The lowest BCUT2D eigenvalue weighted by molar-refractivity contribution is 0.895.